The molecule has 2 bridgehead atoms. The summed E-state index contributed by atoms with van der Waals surface area (Å²) >= 11 is 0. The molecule has 2 heterocycles. The lowest BCUT2D eigenvalue weighted by atomic mass is 9.87. The molecule has 0 saturated carbocycles. The minimum Gasteiger partial charge on any atom is -0.462 e. The van der Waals surface area contributed by atoms with Crippen molar-refractivity contribution in [1.29, 1.82) is 0 Å². The van der Waals surface area contributed by atoms with Gasteiger partial charge in [0, 0.05) is 23.7 Å². The molecule has 0 spiro atoms. The molecule has 3 heteroatoms. The van der Waals surface area contributed by atoms with Gasteiger partial charge >= 0.3 is 5.97 Å². The van der Waals surface area contributed by atoms with Crippen LogP contribution in [0.2, 0.25) is 0 Å². The Kier molecular flexibility index (Phi) is 5.50. The van der Waals surface area contributed by atoms with E-state index in [0.29, 0.717) is 21.4 Å². The Morgan fingerprint density at radius 1 is 0.962 bits per heavy atom. The number of benzene rings is 1. The second-order valence-electron chi connectivity index (χ2n) is 10.1. The van der Waals surface area contributed by atoms with Crippen LogP contribution in [-0.2, 0) is 25.8 Å². The maximum Gasteiger partial charge on any atom is 0.311 e. The fourth-order valence-corrected chi connectivity index (χ4v) is 7.60. The Morgan fingerprint density at radius 2 is 1.50 bits per heavy atom. The number of esters is 1. The SMILES string of the molecule is CC(C)(C)C(=O)OC1CC2CCCC(C1)[S+]2c1ccc(C(C)(C)C)cc1. The minimum absolute atomic E-state index is 0.0445. The van der Waals surface area contributed by atoms with Crippen LogP contribution < -0.4 is 0 Å². The van der Waals surface area contributed by atoms with Crippen molar-refractivity contribution in [2.75, 3.05) is 0 Å². The first-order chi connectivity index (χ1) is 12.1. The smallest absolute Gasteiger partial charge is 0.311 e. The summed E-state index contributed by atoms with van der Waals surface area (Å²) in [5.41, 5.74) is 1.21. The van der Waals surface area contributed by atoms with Gasteiger partial charge in [0.25, 0.3) is 0 Å². The first-order valence-corrected chi connectivity index (χ1v) is 11.4. The molecular formula is C23H35O2S+. The van der Waals surface area contributed by atoms with Crippen molar-refractivity contribution >= 4 is 16.9 Å². The quantitative estimate of drug-likeness (QED) is 0.494. The van der Waals surface area contributed by atoms with E-state index in [-0.39, 0.29) is 17.5 Å². The molecular weight excluding hydrogens is 340 g/mol. The highest BCUT2D eigenvalue weighted by molar-refractivity contribution is 7.98. The molecule has 144 valence electrons. The predicted octanol–water partition coefficient (Wildman–Crippen LogP) is 5.63. The summed E-state index contributed by atoms with van der Waals surface area (Å²) in [7, 11) is 0.313. The van der Waals surface area contributed by atoms with Crippen molar-refractivity contribution in [1.82, 2.24) is 0 Å². The minimum atomic E-state index is -0.406. The Hall–Kier alpha value is -0.960. The van der Waals surface area contributed by atoms with Gasteiger partial charge in [0.1, 0.15) is 16.6 Å². The fraction of sp³-hybridized carbons (Fsp3) is 0.696. The zero-order chi connectivity index (χ0) is 19.1. The van der Waals surface area contributed by atoms with Crippen LogP contribution in [0.4, 0.5) is 0 Å². The highest BCUT2D eigenvalue weighted by Gasteiger charge is 2.50. The highest BCUT2D eigenvalue weighted by atomic mass is 32.2. The largest absolute Gasteiger partial charge is 0.462 e. The van der Waals surface area contributed by atoms with E-state index in [1.54, 1.807) is 0 Å². The monoisotopic (exact) mass is 375 g/mol. The predicted molar refractivity (Wildman–Crippen MR) is 111 cm³/mol. The van der Waals surface area contributed by atoms with Crippen molar-refractivity contribution in [2.24, 2.45) is 5.41 Å². The average molecular weight is 376 g/mol. The van der Waals surface area contributed by atoms with Crippen LogP contribution in [0.3, 0.4) is 0 Å². The summed E-state index contributed by atoms with van der Waals surface area (Å²) in [4.78, 5) is 13.8. The van der Waals surface area contributed by atoms with Gasteiger partial charge in [-0.1, -0.05) is 32.9 Å². The summed E-state index contributed by atoms with van der Waals surface area (Å²) in [6.07, 6.45) is 6.10. The van der Waals surface area contributed by atoms with E-state index in [4.69, 9.17) is 4.74 Å². The molecule has 2 aliphatic heterocycles. The van der Waals surface area contributed by atoms with Crippen molar-refractivity contribution < 1.29 is 9.53 Å². The topological polar surface area (TPSA) is 26.3 Å². The van der Waals surface area contributed by atoms with Gasteiger partial charge in [-0.05, 0) is 63.1 Å². The zero-order valence-electron chi connectivity index (χ0n) is 17.3. The van der Waals surface area contributed by atoms with Crippen molar-refractivity contribution in [3.05, 3.63) is 29.8 Å². The number of fused-ring (bicyclic) bond motifs is 2. The first-order valence-electron chi connectivity index (χ1n) is 10.1. The third-order valence-electron chi connectivity index (χ3n) is 5.70. The van der Waals surface area contributed by atoms with Gasteiger partial charge < -0.3 is 4.74 Å². The van der Waals surface area contributed by atoms with Crippen molar-refractivity contribution in [2.45, 2.75) is 101 Å². The lowest BCUT2D eigenvalue weighted by Gasteiger charge is -2.38. The fourth-order valence-electron chi connectivity index (χ4n) is 4.15. The van der Waals surface area contributed by atoms with Gasteiger partial charge in [0.2, 0.25) is 0 Å². The Labute approximate surface area is 162 Å². The number of hydrogen-bond donors (Lipinski definition) is 0. The van der Waals surface area contributed by atoms with Crippen molar-refractivity contribution in [3.8, 4) is 0 Å². The summed E-state index contributed by atoms with van der Waals surface area (Å²) in [6.45, 7) is 12.6. The molecule has 1 aromatic rings. The van der Waals surface area contributed by atoms with Crippen LogP contribution in [0.15, 0.2) is 29.2 Å². The van der Waals surface area contributed by atoms with E-state index < -0.39 is 5.41 Å². The number of ether oxygens (including phenoxy) is 1. The number of hydrogen-bond acceptors (Lipinski definition) is 2. The number of carbonyl (C=O) groups is 1. The third-order valence-corrected chi connectivity index (χ3v) is 8.81. The van der Waals surface area contributed by atoms with Gasteiger partial charge in [0.15, 0.2) is 4.90 Å². The molecule has 0 aliphatic carbocycles. The van der Waals surface area contributed by atoms with Gasteiger partial charge in [-0.15, -0.1) is 0 Å². The molecule has 0 radical (unpaired) electrons. The molecule has 2 unspecified atom stereocenters. The van der Waals surface area contributed by atoms with E-state index in [9.17, 15) is 4.79 Å². The Balaban J connectivity index is 1.74. The molecule has 0 N–H and O–H groups in total. The molecule has 0 aromatic heterocycles. The molecule has 2 aliphatic rings. The molecule has 2 saturated heterocycles. The average Bonchev–Trinajstić information content (AvgIpc) is 2.52. The van der Waals surface area contributed by atoms with E-state index in [1.165, 1.54) is 29.7 Å². The maximum absolute atomic E-state index is 12.3. The zero-order valence-corrected chi connectivity index (χ0v) is 18.1. The summed E-state index contributed by atoms with van der Waals surface area (Å²) in [6, 6.07) is 9.39. The second-order valence-corrected chi connectivity index (χ2v) is 12.6. The van der Waals surface area contributed by atoms with Crippen molar-refractivity contribution in [3.63, 3.8) is 0 Å². The van der Waals surface area contributed by atoms with E-state index in [2.05, 4.69) is 45.0 Å². The Bertz CT molecular complexity index is 622. The highest BCUT2D eigenvalue weighted by Crippen LogP contribution is 2.43. The van der Waals surface area contributed by atoms with Gasteiger partial charge in [-0.25, -0.2) is 0 Å². The standard InChI is InChI=1S/C23H35O2S/c1-22(2,3)16-10-12-18(13-11-16)26-19-8-7-9-20(26)15-17(14-19)25-21(24)23(4,5)6/h10-13,17,19-20H,7-9,14-15H2,1-6H3/q+1. The normalized spacial score (nSPS) is 29.3. The van der Waals surface area contributed by atoms with Crippen LogP contribution in [0.1, 0.15) is 79.2 Å². The number of carbonyl (C=O) groups excluding carboxylic acids is 1. The van der Waals surface area contributed by atoms with E-state index in [0.717, 1.165) is 12.8 Å². The Morgan fingerprint density at radius 3 is 1.96 bits per heavy atom. The lowest BCUT2D eigenvalue weighted by Crippen LogP contribution is -2.47. The van der Waals surface area contributed by atoms with Crippen LogP contribution in [0.5, 0.6) is 0 Å². The number of rotatable bonds is 2. The van der Waals surface area contributed by atoms with E-state index in [1.807, 2.05) is 20.8 Å². The summed E-state index contributed by atoms with van der Waals surface area (Å²) in [5.74, 6) is -0.0445. The second kappa shape index (κ2) is 7.22. The maximum atomic E-state index is 12.3. The molecule has 1 aromatic carbocycles. The van der Waals surface area contributed by atoms with E-state index >= 15 is 0 Å². The molecule has 26 heavy (non-hydrogen) atoms. The van der Waals surface area contributed by atoms with Crippen LogP contribution in [-0.4, -0.2) is 22.6 Å². The molecule has 2 fully saturated rings. The van der Waals surface area contributed by atoms with Gasteiger partial charge in [0.05, 0.1) is 5.41 Å². The van der Waals surface area contributed by atoms with Crippen LogP contribution >= 0.6 is 0 Å². The van der Waals surface area contributed by atoms with Gasteiger partial charge in [-0.3, -0.25) is 4.79 Å². The molecule has 3 rings (SSSR count). The van der Waals surface area contributed by atoms with Gasteiger partial charge in [-0.2, -0.15) is 0 Å². The molecule has 2 nitrogen and oxygen atoms in total. The first kappa shape index (κ1) is 19.8. The van der Waals surface area contributed by atoms with Crippen LogP contribution in [0, 0.1) is 5.41 Å². The molecule has 2 atom stereocenters. The van der Waals surface area contributed by atoms with Crippen LogP contribution in [0.25, 0.3) is 0 Å². The molecule has 0 amide bonds. The summed E-state index contributed by atoms with van der Waals surface area (Å²) in [5, 5.41) is 1.36. The lowest BCUT2D eigenvalue weighted by molar-refractivity contribution is -0.159. The summed E-state index contributed by atoms with van der Waals surface area (Å²) < 4.78 is 5.91. The third kappa shape index (κ3) is 4.30.